The van der Waals surface area contributed by atoms with Crippen molar-refractivity contribution >= 4 is 5.91 Å². The first kappa shape index (κ1) is 17.6. The predicted molar refractivity (Wildman–Crippen MR) is 97.1 cm³/mol. The minimum atomic E-state index is 0.0227. The fourth-order valence-electron chi connectivity index (χ4n) is 3.95. The van der Waals surface area contributed by atoms with Crippen LogP contribution in [0, 0.1) is 11.8 Å². The first-order valence-electron chi connectivity index (χ1n) is 9.56. The van der Waals surface area contributed by atoms with Crippen LogP contribution in [0.5, 0.6) is 11.5 Å². The van der Waals surface area contributed by atoms with E-state index < -0.39 is 0 Å². The number of fused-ring (bicyclic) bond motifs is 1. The summed E-state index contributed by atoms with van der Waals surface area (Å²) in [5.41, 5.74) is 1.27. The standard InChI is InChI=1S/C20H28N2O4/c1-14(2)19(23)21-8-16-5-6-20(26-10-16)11-22(12-20)9-15-3-4-17-18(7-15)25-13-24-17/h3-4,7,14,16H,5-6,8-13H2,1-2H3,(H,21,23). The minimum absolute atomic E-state index is 0.0227. The lowest BCUT2D eigenvalue weighted by molar-refractivity contribution is -0.181. The van der Waals surface area contributed by atoms with Gasteiger partial charge in [0, 0.05) is 32.1 Å². The van der Waals surface area contributed by atoms with E-state index in [1.165, 1.54) is 5.56 Å². The molecular formula is C20H28N2O4. The summed E-state index contributed by atoms with van der Waals surface area (Å²) in [4.78, 5) is 14.1. The second kappa shape index (κ2) is 7.08. The van der Waals surface area contributed by atoms with Crippen molar-refractivity contribution < 1.29 is 19.0 Å². The molecule has 0 aromatic heterocycles. The van der Waals surface area contributed by atoms with Crippen molar-refractivity contribution in [3.8, 4) is 11.5 Å². The van der Waals surface area contributed by atoms with Gasteiger partial charge in [-0.15, -0.1) is 0 Å². The van der Waals surface area contributed by atoms with Crippen molar-refractivity contribution in [2.45, 2.75) is 38.8 Å². The van der Waals surface area contributed by atoms with Crippen molar-refractivity contribution in [2.24, 2.45) is 11.8 Å². The Kier molecular flexibility index (Phi) is 4.80. The van der Waals surface area contributed by atoms with Crippen LogP contribution in [0.15, 0.2) is 18.2 Å². The average molecular weight is 360 g/mol. The molecule has 0 saturated carbocycles. The lowest BCUT2D eigenvalue weighted by atomic mass is 9.82. The highest BCUT2D eigenvalue weighted by molar-refractivity contribution is 5.77. The highest BCUT2D eigenvalue weighted by Gasteiger charge is 2.46. The Morgan fingerprint density at radius 3 is 2.85 bits per heavy atom. The molecule has 4 rings (SSSR count). The van der Waals surface area contributed by atoms with Crippen LogP contribution in [-0.2, 0) is 16.1 Å². The molecule has 2 saturated heterocycles. The van der Waals surface area contributed by atoms with Gasteiger partial charge in [0.2, 0.25) is 12.7 Å². The summed E-state index contributed by atoms with van der Waals surface area (Å²) in [5.74, 6) is 2.29. The minimum Gasteiger partial charge on any atom is -0.454 e. The highest BCUT2D eigenvalue weighted by Crippen LogP contribution is 2.38. The van der Waals surface area contributed by atoms with Crippen LogP contribution in [0.4, 0.5) is 0 Å². The van der Waals surface area contributed by atoms with Crippen LogP contribution in [0.25, 0.3) is 0 Å². The lowest BCUT2D eigenvalue weighted by Gasteiger charge is -2.53. The van der Waals surface area contributed by atoms with Crippen LogP contribution in [-0.4, -0.2) is 49.4 Å². The molecule has 26 heavy (non-hydrogen) atoms. The first-order chi connectivity index (χ1) is 12.5. The summed E-state index contributed by atoms with van der Waals surface area (Å²) in [6.45, 7) is 8.51. The van der Waals surface area contributed by atoms with Crippen molar-refractivity contribution in [3.63, 3.8) is 0 Å². The van der Waals surface area contributed by atoms with Gasteiger partial charge in [-0.25, -0.2) is 0 Å². The zero-order chi connectivity index (χ0) is 18.1. The number of nitrogens with zero attached hydrogens (tertiary/aromatic N) is 1. The number of amides is 1. The number of ether oxygens (including phenoxy) is 3. The number of nitrogens with one attached hydrogen (secondary N) is 1. The SMILES string of the molecule is CC(C)C(=O)NCC1CCC2(CN(Cc3ccc4c(c3)OCO4)C2)OC1. The summed E-state index contributed by atoms with van der Waals surface area (Å²) in [7, 11) is 0. The molecule has 1 N–H and O–H groups in total. The molecule has 1 aromatic rings. The summed E-state index contributed by atoms with van der Waals surface area (Å²) >= 11 is 0. The Morgan fingerprint density at radius 1 is 1.31 bits per heavy atom. The predicted octanol–water partition coefficient (Wildman–Crippen LogP) is 2.17. The molecule has 0 radical (unpaired) electrons. The molecule has 0 aliphatic carbocycles. The molecule has 142 valence electrons. The number of hydrogen-bond donors (Lipinski definition) is 1. The number of likely N-dealkylation sites (tertiary alicyclic amines) is 1. The van der Waals surface area contributed by atoms with Gasteiger partial charge in [-0.2, -0.15) is 0 Å². The molecule has 6 heteroatoms. The van der Waals surface area contributed by atoms with Gasteiger partial charge in [-0.3, -0.25) is 9.69 Å². The second-order valence-electron chi connectivity index (χ2n) is 8.13. The van der Waals surface area contributed by atoms with E-state index in [9.17, 15) is 4.79 Å². The molecule has 3 aliphatic heterocycles. The molecule has 1 spiro atoms. The van der Waals surface area contributed by atoms with Gasteiger partial charge < -0.3 is 19.5 Å². The summed E-state index contributed by atoms with van der Waals surface area (Å²) in [6, 6.07) is 6.16. The van der Waals surface area contributed by atoms with E-state index in [-0.39, 0.29) is 17.4 Å². The van der Waals surface area contributed by atoms with E-state index in [0.29, 0.717) is 12.7 Å². The molecule has 3 heterocycles. The number of rotatable bonds is 5. The van der Waals surface area contributed by atoms with Crippen LogP contribution in [0.1, 0.15) is 32.3 Å². The summed E-state index contributed by atoms with van der Waals surface area (Å²) < 4.78 is 17.0. The number of carbonyl (C=O) groups excluding carboxylic acids is 1. The van der Waals surface area contributed by atoms with E-state index in [2.05, 4.69) is 22.3 Å². The highest BCUT2D eigenvalue weighted by atomic mass is 16.7. The topological polar surface area (TPSA) is 60.0 Å². The number of benzene rings is 1. The van der Waals surface area contributed by atoms with Gasteiger partial charge in [-0.1, -0.05) is 19.9 Å². The zero-order valence-corrected chi connectivity index (χ0v) is 15.6. The van der Waals surface area contributed by atoms with Crippen molar-refractivity contribution in [2.75, 3.05) is 33.0 Å². The molecule has 3 aliphatic rings. The largest absolute Gasteiger partial charge is 0.454 e. The molecule has 2 fully saturated rings. The quantitative estimate of drug-likeness (QED) is 0.872. The third-order valence-electron chi connectivity index (χ3n) is 5.59. The molecule has 6 nitrogen and oxygen atoms in total. The Morgan fingerprint density at radius 2 is 2.12 bits per heavy atom. The Hall–Kier alpha value is -1.79. The lowest BCUT2D eigenvalue weighted by Crippen LogP contribution is -2.64. The fourth-order valence-corrected chi connectivity index (χ4v) is 3.95. The summed E-state index contributed by atoms with van der Waals surface area (Å²) in [5, 5.41) is 3.03. The van der Waals surface area contributed by atoms with Crippen LogP contribution in [0.2, 0.25) is 0 Å². The Labute approximate surface area is 154 Å². The smallest absolute Gasteiger partial charge is 0.231 e. The average Bonchev–Trinajstić information content (AvgIpc) is 3.07. The van der Waals surface area contributed by atoms with Gasteiger partial charge >= 0.3 is 0 Å². The maximum atomic E-state index is 11.7. The maximum Gasteiger partial charge on any atom is 0.231 e. The van der Waals surface area contributed by atoms with Crippen molar-refractivity contribution in [1.82, 2.24) is 10.2 Å². The first-order valence-corrected chi connectivity index (χ1v) is 9.56. The van der Waals surface area contributed by atoms with Gasteiger partial charge in [0.25, 0.3) is 0 Å². The molecule has 1 atom stereocenters. The third-order valence-corrected chi connectivity index (χ3v) is 5.59. The van der Waals surface area contributed by atoms with Crippen LogP contribution < -0.4 is 14.8 Å². The maximum absolute atomic E-state index is 11.7. The normalized spacial score (nSPS) is 23.9. The molecule has 1 aromatic carbocycles. The van der Waals surface area contributed by atoms with E-state index in [1.54, 1.807) is 0 Å². The monoisotopic (exact) mass is 360 g/mol. The molecule has 1 amide bonds. The van der Waals surface area contributed by atoms with E-state index >= 15 is 0 Å². The molecular weight excluding hydrogens is 332 g/mol. The number of carbonyl (C=O) groups is 1. The van der Waals surface area contributed by atoms with Gasteiger partial charge in [0.05, 0.1) is 12.2 Å². The number of hydrogen-bond acceptors (Lipinski definition) is 5. The van der Waals surface area contributed by atoms with Gasteiger partial charge in [0.15, 0.2) is 11.5 Å². The van der Waals surface area contributed by atoms with Crippen LogP contribution in [0.3, 0.4) is 0 Å². The van der Waals surface area contributed by atoms with Crippen molar-refractivity contribution in [1.29, 1.82) is 0 Å². The van der Waals surface area contributed by atoms with E-state index in [1.807, 2.05) is 19.9 Å². The van der Waals surface area contributed by atoms with Gasteiger partial charge in [-0.05, 0) is 36.5 Å². The van der Waals surface area contributed by atoms with Crippen LogP contribution >= 0.6 is 0 Å². The van der Waals surface area contributed by atoms with E-state index in [4.69, 9.17) is 14.2 Å². The van der Waals surface area contributed by atoms with Gasteiger partial charge in [0.1, 0.15) is 0 Å². The summed E-state index contributed by atoms with van der Waals surface area (Å²) in [6.07, 6.45) is 2.20. The second-order valence-corrected chi connectivity index (χ2v) is 8.13. The fraction of sp³-hybridized carbons (Fsp3) is 0.650. The molecule has 1 unspecified atom stereocenters. The van der Waals surface area contributed by atoms with Crippen molar-refractivity contribution in [3.05, 3.63) is 23.8 Å². The van der Waals surface area contributed by atoms with E-state index in [0.717, 1.165) is 57.1 Å². The third kappa shape index (κ3) is 3.67. The Bertz CT molecular complexity index is 660. The Balaban J connectivity index is 1.21. The zero-order valence-electron chi connectivity index (χ0n) is 15.6. The molecule has 0 bridgehead atoms.